The van der Waals surface area contributed by atoms with E-state index in [1.54, 1.807) is 0 Å². The molecule has 1 heterocycles. The van der Waals surface area contributed by atoms with E-state index in [9.17, 15) is 4.79 Å². The van der Waals surface area contributed by atoms with Crippen molar-refractivity contribution < 1.29 is 14.6 Å². The van der Waals surface area contributed by atoms with Crippen LogP contribution in [0.15, 0.2) is 18.2 Å². The molecule has 0 radical (unpaired) electrons. The fourth-order valence-corrected chi connectivity index (χ4v) is 2.59. The van der Waals surface area contributed by atoms with E-state index in [0.29, 0.717) is 6.61 Å². The number of rotatable bonds is 5. The minimum absolute atomic E-state index is 0.0873. The van der Waals surface area contributed by atoms with Gasteiger partial charge in [0.2, 0.25) is 0 Å². The number of aliphatic carboxylic acids is 1. The molecule has 0 aromatic heterocycles. The van der Waals surface area contributed by atoms with Crippen molar-refractivity contribution in [2.24, 2.45) is 5.92 Å². The van der Waals surface area contributed by atoms with Crippen LogP contribution >= 0.6 is 0 Å². The molecule has 1 unspecified atom stereocenters. The second-order valence-corrected chi connectivity index (χ2v) is 4.94. The highest BCUT2D eigenvalue weighted by atomic mass is 16.5. The smallest absolute Gasteiger partial charge is 0.303 e. The fraction of sp³-hybridized carbons (Fsp3) is 0.533. The molecule has 0 saturated carbocycles. The van der Waals surface area contributed by atoms with Crippen molar-refractivity contribution in [3.8, 4) is 5.75 Å². The number of benzene rings is 1. The van der Waals surface area contributed by atoms with Crippen molar-refractivity contribution in [2.45, 2.75) is 26.7 Å². The maximum Gasteiger partial charge on any atom is 0.303 e. The van der Waals surface area contributed by atoms with E-state index in [1.807, 2.05) is 0 Å². The Labute approximate surface area is 114 Å². The number of hydrogen-bond donors (Lipinski definition) is 1. The number of carboxylic acid groups (broad SMARTS) is 1. The maximum atomic E-state index is 10.7. The summed E-state index contributed by atoms with van der Waals surface area (Å²) in [4.78, 5) is 13.0. The number of hydrogen-bond acceptors (Lipinski definition) is 3. The van der Waals surface area contributed by atoms with Crippen LogP contribution < -0.4 is 9.64 Å². The molecule has 4 heteroatoms. The first-order chi connectivity index (χ1) is 9.13. The van der Waals surface area contributed by atoms with Crippen LogP contribution in [0.4, 0.5) is 5.69 Å². The highest BCUT2D eigenvalue weighted by Gasteiger charge is 2.22. The number of carboxylic acids is 1. The molecule has 0 fully saturated rings. The molecule has 1 aromatic carbocycles. The van der Waals surface area contributed by atoms with E-state index in [4.69, 9.17) is 9.84 Å². The average Bonchev–Trinajstić information content (AvgIpc) is 2.39. The molecule has 1 atom stereocenters. The number of carbonyl (C=O) groups is 1. The fourth-order valence-electron chi connectivity index (χ4n) is 2.59. The molecule has 2 rings (SSSR count). The van der Waals surface area contributed by atoms with Crippen LogP contribution in [0.1, 0.15) is 25.8 Å². The van der Waals surface area contributed by atoms with Crippen molar-refractivity contribution >= 4 is 11.7 Å². The van der Waals surface area contributed by atoms with Gasteiger partial charge in [-0.1, -0.05) is 6.07 Å². The summed E-state index contributed by atoms with van der Waals surface area (Å²) in [6.07, 6.45) is 0.970. The molecule has 0 amide bonds. The standard InChI is InChI=1S/C15H21NO3/c1-3-16(4-2)13-6-5-12-7-11(8-15(17)18)10-19-14(12)9-13/h5-6,9,11H,3-4,7-8,10H2,1-2H3,(H,17,18). The highest BCUT2D eigenvalue weighted by molar-refractivity contribution is 5.67. The summed E-state index contributed by atoms with van der Waals surface area (Å²) >= 11 is 0. The zero-order chi connectivity index (χ0) is 13.8. The summed E-state index contributed by atoms with van der Waals surface area (Å²) < 4.78 is 5.73. The van der Waals surface area contributed by atoms with Gasteiger partial charge in [0.05, 0.1) is 13.0 Å². The summed E-state index contributed by atoms with van der Waals surface area (Å²) in [5.41, 5.74) is 2.29. The molecule has 1 aliphatic rings. The number of fused-ring (bicyclic) bond motifs is 1. The van der Waals surface area contributed by atoms with Crippen LogP contribution in [0.3, 0.4) is 0 Å². The molecule has 0 saturated heterocycles. The van der Waals surface area contributed by atoms with E-state index < -0.39 is 5.97 Å². The van der Waals surface area contributed by atoms with Gasteiger partial charge in [-0.3, -0.25) is 4.79 Å². The first-order valence-corrected chi connectivity index (χ1v) is 6.86. The lowest BCUT2D eigenvalue weighted by Gasteiger charge is -2.27. The molecule has 0 bridgehead atoms. The van der Waals surface area contributed by atoms with Crippen molar-refractivity contribution in [3.63, 3.8) is 0 Å². The minimum atomic E-state index is -0.753. The molecule has 0 aliphatic carbocycles. The Morgan fingerprint density at radius 1 is 1.42 bits per heavy atom. The lowest BCUT2D eigenvalue weighted by molar-refractivity contribution is -0.138. The van der Waals surface area contributed by atoms with Crippen LogP contribution in [0.5, 0.6) is 5.75 Å². The van der Waals surface area contributed by atoms with Crippen LogP contribution in [-0.2, 0) is 11.2 Å². The summed E-state index contributed by atoms with van der Waals surface area (Å²) in [6.45, 7) is 6.70. The summed E-state index contributed by atoms with van der Waals surface area (Å²) in [6, 6.07) is 6.23. The number of anilines is 1. The van der Waals surface area contributed by atoms with Gasteiger partial charge in [0.1, 0.15) is 5.75 Å². The molecule has 1 aliphatic heterocycles. The third kappa shape index (κ3) is 3.19. The van der Waals surface area contributed by atoms with Gasteiger partial charge in [-0.05, 0) is 31.9 Å². The Hall–Kier alpha value is -1.71. The number of ether oxygens (including phenoxy) is 1. The Morgan fingerprint density at radius 2 is 2.16 bits per heavy atom. The van der Waals surface area contributed by atoms with Crippen LogP contribution in [0.25, 0.3) is 0 Å². The second-order valence-electron chi connectivity index (χ2n) is 4.94. The zero-order valence-corrected chi connectivity index (χ0v) is 11.6. The van der Waals surface area contributed by atoms with Gasteiger partial charge in [0.25, 0.3) is 0 Å². The second kappa shape index (κ2) is 5.95. The van der Waals surface area contributed by atoms with Gasteiger partial charge in [0, 0.05) is 30.8 Å². The topological polar surface area (TPSA) is 49.8 Å². The van der Waals surface area contributed by atoms with Crippen LogP contribution in [0, 0.1) is 5.92 Å². The maximum absolute atomic E-state index is 10.7. The predicted octanol–water partition coefficient (Wildman–Crippen LogP) is 2.56. The lowest BCUT2D eigenvalue weighted by Crippen LogP contribution is -2.25. The Bertz CT molecular complexity index is 455. The van der Waals surface area contributed by atoms with E-state index >= 15 is 0 Å². The third-order valence-corrected chi connectivity index (χ3v) is 3.63. The van der Waals surface area contributed by atoms with E-state index in [0.717, 1.165) is 30.8 Å². The highest BCUT2D eigenvalue weighted by Crippen LogP contribution is 2.32. The molecule has 19 heavy (non-hydrogen) atoms. The van der Waals surface area contributed by atoms with Crippen molar-refractivity contribution in [1.29, 1.82) is 0 Å². The van der Waals surface area contributed by atoms with Crippen molar-refractivity contribution in [3.05, 3.63) is 23.8 Å². The quantitative estimate of drug-likeness (QED) is 0.887. The molecule has 4 nitrogen and oxygen atoms in total. The molecule has 1 N–H and O–H groups in total. The summed E-state index contributed by atoms with van der Waals surface area (Å²) in [7, 11) is 0. The first-order valence-electron chi connectivity index (χ1n) is 6.86. The van der Waals surface area contributed by atoms with Gasteiger partial charge in [0.15, 0.2) is 0 Å². The van der Waals surface area contributed by atoms with E-state index in [-0.39, 0.29) is 12.3 Å². The summed E-state index contributed by atoms with van der Waals surface area (Å²) in [5, 5.41) is 8.83. The van der Waals surface area contributed by atoms with Gasteiger partial charge in [-0.25, -0.2) is 0 Å². The van der Waals surface area contributed by atoms with E-state index in [1.165, 1.54) is 5.69 Å². The predicted molar refractivity (Wildman–Crippen MR) is 74.9 cm³/mol. The number of nitrogens with zero attached hydrogens (tertiary/aromatic N) is 1. The van der Waals surface area contributed by atoms with Gasteiger partial charge in [-0.2, -0.15) is 0 Å². The minimum Gasteiger partial charge on any atom is -0.493 e. The molecular weight excluding hydrogens is 242 g/mol. The SMILES string of the molecule is CCN(CC)c1ccc2c(c1)OCC(CC(=O)O)C2. The molecular formula is C15H21NO3. The van der Waals surface area contributed by atoms with E-state index in [2.05, 4.69) is 36.9 Å². The summed E-state index contributed by atoms with van der Waals surface area (Å²) in [5.74, 6) is 0.243. The third-order valence-electron chi connectivity index (χ3n) is 3.63. The van der Waals surface area contributed by atoms with Gasteiger partial charge < -0.3 is 14.7 Å². The monoisotopic (exact) mass is 263 g/mol. The molecule has 104 valence electrons. The Kier molecular flexibility index (Phi) is 4.30. The van der Waals surface area contributed by atoms with Crippen molar-refractivity contribution in [2.75, 3.05) is 24.6 Å². The Morgan fingerprint density at radius 3 is 2.79 bits per heavy atom. The van der Waals surface area contributed by atoms with Gasteiger partial charge in [-0.15, -0.1) is 0 Å². The molecule has 0 spiro atoms. The van der Waals surface area contributed by atoms with Gasteiger partial charge >= 0.3 is 5.97 Å². The van der Waals surface area contributed by atoms with Crippen LogP contribution in [-0.4, -0.2) is 30.8 Å². The zero-order valence-electron chi connectivity index (χ0n) is 11.6. The Balaban J connectivity index is 2.13. The largest absolute Gasteiger partial charge is 0.493 e. The lowest BCUT2D eigenvalue weighted by atomic mass is 9.94. The average molecular weight is 263 g/mol. The van der Waals surface area contributed by atoms with Crippen molar-refractivity contribution in [1.82, 2.24) is 0 Å². The van der Waals surface area contributed by atoms with Crippen LogP contribution in [0.2, 0.25) is 0 Å². The normalized spacial score (nSPS) is 17.5. The first kappa shape index (κ1) is 13.7. The molecule has 1 aromatic rings.